The third-order valence-electron chi connectivity index (χ3n) is 3.24. The molecule has 108 valence electrons. The summed E-state index contributed by atoms with van der Waals surface area (Å²) in [5, 5.41) is 7.78. The molecule has 0 amide bonds. The molecular weight excluding hydrogens is 250 g/mol. The van der Waals surface area contributed by atoms with Crippen LogP contribution in [0.25, 0.3) is 0 Å². The smallest absolute Gasteiger partial charge is 0.119 e. The minimum absolute atomic E-state index is 0.417. The van der Waals surface area contributed by atoms with E-state index in [1.807, 2.05) is 23.0 Å². The average molecular weight is 273 g/mol. The van der Waals surface area contributed by atoms with Crippen LogP contribution in [0.5, 0.6) is 5.75 Å². The van der Waals surface area contributed by atoms with E-state index in [9.17, 15) is 0 Å². The summed E-state index contributed by atoms with van der Waals surface area (Å²) in [6.07, 6.45) is 5.03. The van der Waals surface area contributed by atoms with Crippen LogP contribution in [0, 0.1) is 0 Å². The number of methoxy groups -OCH3 is 1. The van der Waals surface area contributed by atoms with Gasteiger partial charge < -0.3 is 10.1 Å². The van der Waals surface area contributed by atoms with Crippen LogP contribution < -0.4 is 10.1 Å². The Balaban J connectivity index is 1.75. The summed E-state index contributed by atoms with van der Waals surface area (Å²) in [5.41, 5.74) is 2.51. The molecule has 0 unspecified atom stereocenters. The minimum atomic E-state index is 0.417. The van der Waals surface area contributed by atoms with E-state index in [4.69, 9.17) is 4.74 Å². The molecule has 0 aliphatic rings. The van der Waals surface area contributed by atoms with Gasteiger partial charge in [0.25, 0.3) is 0 Å². The molecule has 1 aromatic heterocycles. The molecular formula is C16H23N3O. The van der Waals surface area contributed by atoms with Crippen LogP contribution in [-0.4, -0.2) is 23.4 Å². The van der Waals surface area contributed by atoms with Crippen molar-refractivity contribution in [3.8, 4) is 5.75 Å². The second kappa shape index (κ2) is 7.10. The maximum atomic E-state index is 5.22. The molecule has 20 heavy (non-hydrogen) atoms. The third-order valence-corrected chi connectivity index (χ3v) is 3.24. The highest BCUT2D eigenvalue weighted by molar-refractivity contribution is 5.28. The van der Waals surface area contributed by atoms with Crippen LogP contribution >= 0.6 is 0 Å². The van der Waals surface area contributed by atoms with Crippen molar-refractivity contribution in [3.05, 3.63) is 47.8 Å². The van der Waals surface area contributed by atoms with Crippen LogP contribution in [0.4, 0.5) is 0 Å². The largest absolute Gasteiger partial charge is 0.497 e. The summed E-state index contributed by atoms with van der Waals surface area (Å²) in [7, 11) is 1.70. The van der Waals surface area contributed by atoms with Crippen LogP contribution in [0.1, 0.15) is 31.0 Å². The highest BCUT2D eigenvalue weighted by Crippen LogP contribution is 2.12. The Morgan fingerprint density at radius 1 is 1.30 bits per heavy atom. The minimum Gasteiger partial charge on any atom is -0.497 e. The van der Waals surface area contributed by atoms with Crippen molar-refractivity contribution in [2.45, 2.75) is 32.9 Å². The van der Waals surface area contributed by atoms with Gasteiger partial charge in [-0.05, 0) is 44.5 Å². The molecule has 0 radical (unpaired) electrons. The van der Waals surface area contributed by atoms with Gasteiger partial charge in [0, 0.05) is 24.3 Å². The van der Waals surface area contributed by atoms with Gasteiger partial charge in [-0.2, -0.15) is 5.10 Å². The van der Waals surface area contributed by atoms with E-state index in [0.29, 0.717) is 6.04 Å². The first-order valence-corrected chi connectivity index (χ1v) is 7.05. The van der Waals surface area contributed by atoms with Crippen LogP contribution in [0.3, 0.4) is 0 Å². The molecule has 0 saturated carbocycles. The quantitative estimate of drug-likeness (QED) is 0.788. The second-order valence-corrected chi connectivity index (χ2v) is 5.20. The number of aromatic nitrogens is 2. The molecule has 1 aromatic carbocycles. The lowest BCUT2D eigenvalue weighted by Gasteiger charge is -2.06. The van der Waals surface area contributed by atoms with E-state index >= 15 is 0 Å². The Labute approximate surface area is 120 Å². The number of nitrogens with zero attached hydrogens (tertiary/aromatic N) is 2. The number of ether oxygens (including phenoxy) is 1. The number of nitrogens with one attached hydrogen (secondary N) is 1. The topological polar surface area (TPSA) is 39.1 Å². The zero-order valence-corrected chi connectivity index (χ0v) is 12.5. The van der Waals surface area contributed by atoms with E-state index in [1.165, 1.54) is 11.1 Å². The molecule has 4 heteroatoms. The van der Waals surface area contributed by atoms with Crippen molar-refractivity contribution in [2.75, 3.05) is 13.7 Å². The van der Waals surface area contributed by atoms with Gasteiger partial charge in [0.15, 0.2) is 0 Å². The Morgan fingerprint density at radius 2 is 2.15 bits per heavy atom. The average Bonchev–Trinajstić information content (AvgIpc) is 2.93. The van der Waals surface area contributed by atoms with Crippen molar-refractivity contribution in [1.82, 2.24) is 15.1 Å². The summed E-state index contributed by atoms with van der Waals surface area (Å²) in [6.45, 7) is 6.07. The zero-order chi connectivity index (χ0) is 14.4. The lowest BCUT2D eigenvalue weighted by Crippen LogP contribution is -2.16. The summed E-state index contributed by atoms with van der Waals surface area (Å²) in [5.74, 6) is 0.917. The molecule has 0 saturated heterocycles. The second-order valence-electron chi connectivity index (χ2n) is 5.20. The van der Waals surface area contributed by atoms with Crippen LogP contribution in [-0.2, 0) is 13.0 Å². The van der Waals surface area contributed by atoms with Crippen molar-refractivity contribution >= 4 is 0 Å². The Morgan fingerprint density at radius 3 is 2.85 bits per heavy atom. The van der Waals surface area contributed by atoms with Gasteiger partial charge in [-0.15, -0.1) is 0 Å². The molecule has 4 nitrogen and oxygen atoms in total. The van der Waals surface area contributed by atoms with Gasteiger partial charge in [0.05, 0.1) is 13.3 Å². The summed E-state index contributed by atoms with van der Waals surface area (Å²) < 4.78 is 7.21. The predicted molar refractivity (Wildman–Crippen MR) is 81.0 cm³/mol. The van der Waals surface area contributed by atoms with Crippen molar-refractivity contribution in [2.24, 2.45) is 0 Å². The van der Waals surface area contributed by atoms with E-state index in [1.54, 1.807) is 7.11 Å². The lowest BCUT2D eigenvalue weighted by molar-refractivity contribution is 0.414. The standard InChI is InChI=1S/C16H23N3O/c1-13(2)19-12-15(11-18-19)10-17-8-7-14-5-4-6-16(9-14)20-3/h4-6,9,11-13,17H,7-8,10H2,1-3H3. The Hall–Kier alpha value is -1.81. The van der Waals surface area contributed by atoms with Gasteiger partial charge in [-0.25, -0.2) is 0 Å². The Kier molecular flexibility index (Phi) is 5.18. The number of benzene rings is 1. The summed E-state index contributed by atoms with van der Waals surface area (Å²) in [4.78, 5) is 0. The van der Waals surface area contributed by atoms with Gasteiger partial charge in [0.1, 0.15) is 5.75 Å². The molecule has 0 fully saturated rings. The van der Waals surface area contributed by atoms with Gasteiger partial charge in [-0.3, -0.25) is 4.68 Å². The molecule has 0 atom stereocenters. The predicted octanol–water partition coefficient (Wildman–Crippen LogP) is 2.80. The van der Waals surface area contributed by atoms with E-state index in [0.717, 1.165) is 25.3 Å². The van der Waals surface area contributed by atoms with E-state index in [-0.39, 0.29) is 0 Å². The third kappa shape index (κ3) is 4.10. The number of hydrogen-bond acceptors (Lipinski definition) is 3. The molecule has 2 rings (SSSR count). The number of rotatable bonds is 7. The molecule has 1 heterocycles. The maximum absolute atomic E-state index is 5.22. The van der Waals surface area contributed by atoms with E-state index in [2.05, 4.69) is 42.6 Å². The van der Waals surface area contributed by atoms with Gasteiger partial charge in [0.2, 0.25) is 0 Å². The van der Waals surface area contributed by atoms with Crippen LogP contribution in [0.2, 0.25) is 0 Å². The summed E-state index contributed by atoms with van der Waals surface area (Å²) >= 11 is 0. The molecule has 0 aliphatic heterocycles. The first-order chi connectivity index (χ1) is 9.69. The van der Waals surface area contributed by atoms with Crippen molar-refractivity contribution in [3.63, 3.8) is 0 Å². The fraction of sp³-hybridized carbons (Fsp3) is 0.438. The zero-order valence-electron chi connectivity index (χ0n) is 12.5. The fourth-order valence-electron chi connectivity index (χ4n) is 2.04. The molecule has 1 N–H and O–H groups in total. The molecule has 0 aliphatic carbocycles. The monoisotopic (exact) mass is 273 g/mol. The highest BCUT2D eigenvalue weighted by atomic mass is 16.5. The first-order valence-electron chi connectivity index (χ1n) is 7.05. The van der Waals surface area contributed by atoms with Crippen LogP contribution in [0.15, 0.2) is 36.7 Å². The normalized spacial score (nSPS) is 11.0. The van der Waals surface area contributed by atoms with Crippen molar-refractivity contribution < 1.29 is 4.74 Å². The fourth-order valence-corrected chi connectivity index (χ4v) is 2.04. The summed E-state index contributed by atoms with van der Waals surface area (Å²) in [6, 6.07) is 8.62. The first kappa shape index (κ1) is 14.6. The number of hydrogen-bond donors (Lipinski definition) is 1. The lowest BCUT2D eigenvalue weighted by atomic mass is 10.1. The van der Waals surface area contributed by atoms with Gasteiger partial charge in [-0.1, -0.05) is 12.1 Å². The van der Waals surface area contributed by atoms with E-state index < -0.39 is 0 Å². The Bertz CT molecular complexity index is 534. The van der Waals surface area contributed by atoms with Crippen molar-refractivity contribution in [1.29, 1.82) is 0 Å². The maximum Gasteiger partial charge on any atom is 0.119 e. The highest BCUT2D eigenvalue weighted by Gasteiger charge is 2.01. The molecule has 0 bridgehead atoms. The molecule has 2 aromatic rings. The van der Waals surface area contributed by atoms with Gasteiger partial charge >= 0.3 is 0 Å². The molecule has 0 spiro atoms. The SMILES string of the molecule is COc1cccc(CCNCc2cnn(C(C)C)c2)c1.